The Kier molecular flexibility index (Phi) is 8.02. The maximum atomic E-state index is 6.15. The van der Waals surface area contributed by atoms with Crippen LogP contribution in [0.5, 0.6) is 0 Å². The van der Waals surface area contributed by atoms with Crippen LogP contribution in [0.25, 0.3) is 0 Å². The lowest BCUT2D eigenvalue weighted by Gasteiger charge is -2.35. The molecule has 6 nitrogen and oxygen atoms in total. The molecular weight excluding hydrogens is 328 g/mol. The molecule has 1 N–H and O–H groups in total. The van der Waals surface area contributed by atoms with E-state index < -0.39 is 0 Å². The maximum absolute atomic E-state index is 6.15. The van der Waals surface area contributed by atoms with Crippen molar-refractivity contribution in [3.8, 4) is 0 Å². The van der Waals surface area contributed by atoms with Gasteiger partial charge in [-0.25, -0.2) is 0 Å². The number of nitrogens with zero attached hydrogens (tertiary/aromatic N) is 3. The van der Waals surface area contributed by atoms with Gasteiger partial charge < -0.3 is 24.6 Å². The van der Waals surface area contributed by atoms with E-state index in [0.29, 0.717) is 18.2 Å². The van der Waals surface area contributed by atoms with Gasteiger partial charge in [-0.1, -0.05) is 0 Å². The molecule has 0 aliphatic carbocycles. The summed E-state index contributed by atoms with van der Waals surface area (Å²) in [5.74, 6) is 1.09. The van der Waals surface area contributed by atoms with E-state index in [2.05, 4.69) is 29.1 Å². The number of guanidine groups is 1. The molecule has 0 aromatic rings. The highest BCUT2D eigenvalue weighted by atomic mass is 16.5. The first-order valence-electron chi connectivity index (χ1n) is 10.7. The summed E-state index contributed by atoms with van der Waals surface area (Å²) in [7, 11) is 2.22. The van der Waals surface area contributed by atoms with Crippen LogP contribution >= 0.6 is 0 Å². The second-order valence-corrected chi connectivity index (χ2v) is 7.98. The Morgan fingerprint density at radius 3 is 2.62 bits per heavy atom. The summed E-state index contributed by atoms with van der Waals surface area (Å²) in [5, 5.41) is 3.49. The third-order valence-electron chi connectivity index (χ3n) is 5.99. The number of hydrogen-bond acceptors (Lipinski definition) is 4. The van der Waals surface area contributed by atoms with E-state index in [-0.39, 0.29) is 0 Å². The van der Waals surface area contributed by atoms with Gasteiger partial charge in [0.25, 0.3) is 0 Å². The minimum absolute atomic E-state index is 0.323. The number of ether oxygens (including phenoxy) is 2. The molecule has 0 spiro atoms. The summed E-state index contributed by atoms with van der Waals surface area (Å²) in [6, 6.07) is 0.611. The molecule has 0 radical (unpaired) electrons. The van der Waals surface area contributed by atoms with Crippen molar-refractivity contribution in [3.05, 3.63) is 0 Å². The van der Waals surface area contributed by atoms with Crippen LogP contribution in [-0.4, -0.2) is 87.0 Å². The highest BCUT2D eigenvalue weighted by molar-refractivity contribution is 5.80. The fraction of sp³-hybridized carbons (Fsp3) is 0.950. The lowest BCUT2D eigenvalue weighted by Crippen LogP contribution is -2.47. The topological polar surface area (TPSA) is 49.3 Å². The lowest BCUT2D eigenvalue weighted by molar-refractivity contribution is -0.0721. The number of likely N-dealkylation sites (N-methyl/N-ethyl adjacent to an activating group) is 1. The summed E-state index contributed by atoms with van der Waals surface area (Å²) < 4.78 is 11.9. The summed E-state index contributed by atoms with van der Waals surface area (Å²) >= 11 is 0. The minimum atomic E-state index is 0.323. The Hall–Kier alpha value is -0.850. The van der Waals surface area contributed by atoms with Crippen molar-refractivity contribution in [3.63, 3.8) is 0 Å². The number of hydrogen-bond donors (Lipinski definition) is 1. The van der Waals surface area contributed by atoms with E-state index >= 15 is 0 Å². The molecule has 0 aromatic heterocycles. The molecule has 0 amide bonds. The van der Waals surface area contributed by atoms with Gasteiger partial charge in [-0.05, 0) is 65.5 Å². The van der Waals surface area contributed by atoms with E-state index in [0.717, 1.165) is 64.6 Å². The zero-order valence-electron chi connectivity index (χ0n) is 16.8. The first kappa shape index (κ1) is 19.9. The normalized spacial score (nSPS) is 29.3. The van der Waals surface area contributed by atoms with E-state index in [1.165, 1.54) is 32.2 Å². The second kappa shape index (κ2) is 10.5. The number of rotatable bonds is 6. The molecule has 150 valence electrons. The van der Waals surface area contributed by atoms with Crippen molar-refractivity contribution in [1.82, 2.24) is 15.1 Å². The SMILES string of the molecule is CCNC(=NCC1CCCN1C)N1CCC(OCC2CCCCO2)CC1. The Morgan fingerprint density at radius 1 is 1.12 bits per heavy atom. The van der Waals surface area contributed by atoms with Gasteiger partial charge in [0, 0.05) is 32.3 Å². The van der Waals surface area contributed by atoms with Gasteiger partial charge in [0.1, 0.15) is 0 Å². The van der Waals surface area contributed by atoms with E-state index in [1.54, 1.807) is 0 Å². The van der Waals surface area contributed by atoms with Crippen molar-refractivity contribution in [1.29, 1.82) is 0 Å². The zero-order chi connectivity index (χ0) is 18.2. The molecule has 3 aliphatic heterocycles. The first-order chi connectivity index (χ1) is 12.8. The van der Waals surface area contributed by atoms with Gasteiger partial charge in [-0.2, -0.15) is 0 Å². The molecule has 3 aliphatic rings. The van der Waals surface area contributed by atoms with Gasteiger partial charge in [-0.15, -0.1) is 0 Å². The molecule has 26 heavy (non-hydrogen) atoms. The summed E-state index contributed by atoms with van der Waals surface area (Å²) in [5.41, 5.74) is 0. The van der Waals surface area contributed by atoms with Crippen molar-refractivity contribution >= 4 is 5.96 Å². The Bertz CT molecular complexity index is 432. The van der Waals surface area contributed by atoms with Gasteiger partial charge in [0.15, 0.2) is 5.96 Å². The maximum Gasteiger partial charge on any atom is 0.193 e. The molecule has 3 saturated heterocycles. The molecule has 2 atom stereocenters. The number of likely N-dealkylation sites (tertiary alicyclic amines) is 2. The summed E-state index contributed by atoms with van der Waals surface area (Å²) in [4.78, 5) is 9.80. The van der Waals surface area contributed by atoms with Crippen molar-refractivity contribution in [2.45, 2.75) is 70.1 Å². The van der Waals surface area contributed by atoms with Gasteiger partial charge in [-0.3, -0.25) is 4.99 Å². The van der Waals surface area contributed by atoms with Crippen LogP contribution in [0.2, 0.25) is 0 Å². The average molecular weight is 367 g/mol. The molecule has 3 rings (SSSR count). The van der Waals surface area contributed by atoms with Gasteiger partial charge in [0.2, 0.25) is 0 Å². The van der Waals surface area contributed by atoms with Crippen LogP contribution < -0.4 is 5.32 Å². The molecular formula is C20H38N4O2. The van der Waals surface area contributed by atoms with Crippen molar-refractivity contribution in [2.24, 2.45) is 4.99 Å². The van der Waals surface area contributed by atoms with Crippen molar-refractivity contribution < 1.29 is 9.47 Å². The van der Waals surface area contributed by atoms with E-state index in [9.17, 15) is 0 Å². The Balaban J connectivity index is 1.41. The highest BCUT2D eigenvalue weighted by Crippen LogP contribution is 2.19. The van der Waals surface area contributed by atoms with Crippen LogP contribution in [0, 0.1) is 0 Å². The highest BCUT2D eigenvalue weighted by Gasteiger charge is 2.25. The van der Waals surface area contributed by atoms with Crippen molar-refractivity contribution in [2.75, 3.05) is 53.0 Å². The molecule has 2 unspecified atom stereocenters. The smallest absolute Gasteiger partial charge is 0.193 e. The third-order valence-corrected chi connectivity index (χ3v) is 5.99. The predicted octanol–water partition coefficient (Wildman–Crippen LogP) is 2.10. The van der Waals surface area contributed by atoms with Gasteiger partial charge >= 0.3 is 0 Å². The summed E-state index contributed by atoms with van der Waals surface area (Å²) in [6.45, 7) is 8.94. The monoisotopic (exact) mass is 366 g/mol. The quantitative estimate of drug-likeness (QED) is 0.576. The summed E-state index contributed by atoms with van der Waals surface area (Å²) in [6.07, 6.45) is 9.10. The standard InChI is InChI=1S/C20H38N4O2/c1-3-21-20(22-15-17-7-6-11-23(17)2)24-12-9-18(10-13-24)26-16-19-8-4-5-14-25-19/h17-19H,3-16H2,1-2H3,(H,21,22). The number of aliphatic imine (C=N–C) groups is 1. The molecule has 0 bridgehead atoms. The zero-order valence-corrected chi connectivity index (χ0v) is 16.8. The second-order valence-electron chi connectivity index (χ2n) is 7.98. The largest absolute Gasteiger partial charge is 0.376 e. The molecule has 6 heteroatoms. The Morgan fingerprint density at radius 2 is 1.96 bits per heavy atom. The van der Waals surface area contributed by atoms with Crippen LogP contribution in [0.15, 0.2) is 4.99 Å². The van der Waals surface area contributed by atoms with Crippen LogP contribution in [0.3, 0.4) is 0 Å². The van der Waals surface area contributed by atoms with Gasteiger partial charge in [0.05, 0.1) is 25.4 Å². The predicted molar refractivity (Wildman–Crippen MR) is 106 cm³/mol. The van der Waals surface area contributed by atoms with E-state index in [4.69, 9.17) is 14.5 Å². The average Bonchev–Trinajstić information content (AvgIpc) is 3.10. The number of nitrogens with one attached hydrogen (secondary N) is 1. The Labute approximate surface area is 159 Å². The van der Waals surface area contributed by atoms with E-state index in [1.807, 2.05) is 0 Å². The fourth-order valence-corrected chi connectivity index (χ4v) is 4.24. The van der Waals surface area contributed by atoms with Crippen LogP contribution in [0.4, 0.5) is 0 Å². The first-order valence-corrected chi connectivity index (χ1v) is 10.7. The van der Waals surface area contributed by atoms with Crippen LogP contribution in [-0.2, 0) is 9.47 Å². The molecule has 3 heterocycles. The molecule has 0 aromatic carbocycles. The minimum Gasteiger partial charge on any atom is -0.376 e. The number of piperidine rings is 1. The fourth-order valence-electron chi connectivity index (χ4n) is 4.24. The lowest BCUT2D eigenvalue weighted by atomic mass is 10.1. The molecule has 0 saturated carbocycles. The van der Waals surface area contributed by atoms with Crippen LogP contribution in [0.1, 0.15) is 51.9 Å². The third kappa shape index (κ3) is 5.83. The molecule has 3 fully saturated rings.